The normalized spacial score (nSPS) is 22.7. The van der Waals surface area contributed by atoms with Gasteiger partial charge in [-0.15, -0.1) is 0 Å². The summed E-state index contributed by atoms with van der Waals surface area (Å²) < 4.78 is 52.8. The van der Waals surface area contributed by atoms with Crippen LogP contribution in [0.2, 0.25) is 0 Å². The second-order valence-corrected chi connectivity index (χ2v) is 13.5. The van der Waals surface area contributed by atoms with Gasteiger partial charge in [-0.1, -0.05) is 44.2 Å². The largest absolute Gasteiger partial charge is 0.496 e. The lowest BCUT2D eigenvalue weighted by Crippen LogP contribution is -2.68. The van der Waals surface area contributed by atoms with E-state index in [9.17, 15) is 18.3 Å². The lowest BCUT2D eigenvalue weighted by atomic mass is 9.82. The average molecular weight is 606 g/mol. The minimum Gasteiger partial charge on any atom is -0.496 e. The number of amides is 1. The summed E-state index contributed by atoms with van der Waals surface area (Å²) in [6, 6.07) is 13.6. The number of alkyl carbamates (subject to hydrolysis) is 1. The van der Waals surface area contributed by atoms with E-state index >= 15 is 0 Å². The highest BCUT2D eigenvalue weighted by atomic mass is 32.2. The first-order valence-corrected chi connectivity index (χ1v) is 15.7. The Kier molecular flexibility index (Phi) is 10.2. The summed E-state index contributed by atoms with van der Waals surface area (Å²) in [4.78, 5) is 13.2. The Balaban J connectivity index is 1.65. The van der Waals surface area contributed by atoms with Gasteiger partial charge in [0, 0.05) is 6.42 Å². The van der Waals surface area contributed by atoms with E-state index in [1.807, 2.05) is 6.07 Å². The van der Waals surface area contributed by atoms with Gasteiger partial charge in [-0.2, -0.15) is 4.72 Å². The number of carbonyl (C=O) groups excluding carboxylic acids is 1. The molecule has 2 saturated heterocycles. The Morgan fingerprint density at radius 1 is 1.17 bits per heavy atom. The van der Waals surface area contributed by atoms with Gasteiger partial charge in [-0.05, 0) is 67.5 Å². The zero-order chi connectivity index (χ0) is 30.5. The maximum absolute atomic E-state index is 13.9. The lowest BCUT2D eigenvalue weighted by molar-refractivity contribution is -0.0907. The van der Waals surface area contributed by atoms with Crippen LogP contribution in [0, 0.1) is 11.3 Å². The number of nitrogens with two attached hydrogens (primary N) is 1. The number of carbonyl (C=O) groups is 1. The van der Waals surface area contributed by atoms with Crippen molar-refractivity contribution in [1.29, 1.82) is 0 Å². The van der Waals surface area contributed by atoms with Crippen molar-refractivity contribution in [3.8, 4) is 5.75 Å². The van der Waals surface area contributed by atoms with Crippen LogP contribution in [0.15, 0.2) is 53.4 Å². The summed E-state index contributed by atoms with van der Waals surface area (Å²) in [7, 11) is -2.76. The molecule has 0 radical (unpaired) electrons. The van der Waals surface area contributed by atoms with Crippen LogP contribution in [0.25, 0.3) is 0 Å². The van der Waals surface area contributed by atoms with Crippen molar-refractivity contribution < 1.29 is 37.3 Å². The third-order valence-electron chi connectivity index (χ3n) is 7.98. The molecule has 0 aromatic heterocycles. The maximum atomic E-state index is 13.9. The van der Waals surface area contributed by atoms with Crippen LogP contribution in [0.4, 0.5) is 4.79 Å². The van der Waals surface area contributed by atoms with E-state index in [0.717, 1.165) is 6.42 Å². The van der Waals surface area contributed by atoms with E-state index in [-0.39, 0.29) is 29.3 Å². The Labute approximate surface area is 248 Å². The molecule has 2 fully saturated rings. The summed E-state index contributed by atoms with van der Waals surface area (Å²) in [6.07, 6.45) is -1.32. The van der Waals surface area contributed by atoms with Crippen LogP contribution in [-0.4, -0.2) is 70.6 Å². The first kappa shape index (κ1) is 32.2. The van der Waals surface area contributed by atoms with Gasteiger partial charge in [0.2, 0.25) is 10.0 Å². The number of aliphatic hydroxyl groups is 1. The van der Waals surface area contributed by atoms with Crippen molar-refractivity contribution in [3.05, 3.63) is 59.7 Å². The number of hydrogen-bond donors (Lipinski definition) is 4. The Morgan fingerprint density at radius 3 is 2.57 bits per heavy atom. The second-order valence-electron chi connectivity index (χ2n) is 11.9. The molecule has 1 amide bonds. The number of methoxy groups -OCH3 is 1. The van der Waals surface area contributed by atoms with E-state index in [0.29, 0.717) is 42.9 Å². The molecule has 0 unspecified atom stereocenters. The molecule has 0 bridgehead atoms. The van der Waals surface area contributed by atoms with E-state index in [1.54, 1.807) is 36.4 Å². The number of nitrogens with one attached hydrogen (secondary N) is 2. The highest BCUT2D eigenvalue weighted by Gasteiger charge is 2.46. The molecule has 232 valence electrons. The summed E-state index contributed by atoms with van der Waals surface area (Å²) in [6.45, 7) is 6.71. The first-order chi connectivity index (χ1) is 19.9. The van der Waals surface area contributed by atoms with Gasteiger partial charge in [0.15, 0.2) is 6.29 Å². The zero-order valence-electron chi connectivity index (χ0n) is 24.7. The quantitative estimate of drug-likeness (QED) is 0.252. The van der Waals surface area contributed by atoms with E-state index in [2.05, 4.69) is 23.9 Å². The topological polar surface area (TPSA) is 158 Å². The van der Waals surface area contributed by atoms with Crippen molar-refractivity contribution in [1.82, 2.24) is 10.0 Å². The van der Waals surface area contributed by atoms with Gasteiger partial charge in [-0.25, -0.2) is 13.2 Å². The Bertz CT molecular complexity index is 1320. The van der Waals surface area contributed by atoms with Crippen LogP contribution in [-0.2, 0) is 37.1 Å². The molecule has 11 nitrogen and oxygen atoms in total. The van der Waals surface area contributed by atoms with Crippen molar-refractivity contribution in [2.75, 3.05) is 26.9 Å². The fraction of sp³-hybridized carbons (Fsp3) is 0.567. The van der Waals surface area contributed by atoms with Crippen molar-refractivity contribution >= 4 is 16.1 Å². The molecule has 12 heteroatoms. The minimum absolute atomic E-state index is 0.0368. The van der Waals surface area contributed by atoms with Crippen molar-refractivity contribution in [2.45, 2.75) is 75.5 Å². The number of rotatable bonds is 13. The number of benzene rings is 2. The summed E-state index contributed by atoms with van der Waals surface area (Å²) in [5, 5.41) is 13.7. The summed E-state index contributed by atoms with van der Waals surface area (Å²) >= 11 is 0. The smallest absolute Gasteiger partial charge is 0.409 e. The predicted octanol–water partition coefficient (Wildman–Crippen LogP) is 2.70. The molecule has 5 N–H and O–H groups in total. The molecular formula is C30H43N3O8S. The van der Waals surface area contributed by atoms with Crippen LogP contribution < -0.4 is 20.5 Å². The van der Waals surface area contributed by atoms with E-state index in [1.165, 1.54) is 20.1 Å². The molecule has 5 atom stereocenters. The molecule has 0 spiro atoms. The fourth-order valence-corrected chi connectivity index (χ4v) is 7.05. The number of ether oxygens (including phenoxy) is 4. The molecule has 4 rings (SSSR count). The van der Waals surface area contributed by atoms with Gasteiger partial charge in [0.05, 0.1) is 37.2 Å². The number of sulfonamides is 1. The molecule has 2 heterocycles. The third-order valence-corrected chi connectivity index (χ3v) is 9.48. The van der Waals surface area contributed by atoms with Gasteiger partial charge < -0.3 is 29.8 Å². The van der Waals surface area contributed by atoms with Crippen LogP contribution >= 0.6 is 0 Å². The van der Waals surface area contributed by atoms with Crippen molar-refractivity contribution in [3.63, 3.8) is 0 Å². The van der Waals surface area contributed by atoms with Gasteiger partial charge in [0.25, 0.3) is 0 Å². The number of aliphatic hydroxyl groups excluding tert-OH is 1. The van der Waals surface area contributed by atoms with E-state index in [4.69, 9.17) is 24.7 Å². The average Bonchev–Trinajstić information content (AvgIpc) is 3.54. The highest BCUT2D eigenvalue weighted by Crippen LogP contribution is 2.34. The second kappa shape index (κ2) is 13.3. The Morgan fingerprint density at radius 2 is 1.90 bits per heavy atom. The van der Waals surface area contributed by atoms with E-state index < -0.39 is 40.3 Å². The van der Waals surface area contributed by atoms with Crippen LogP contribution in [0.3, 0.4) is 0 Å². The summed E-state index contributed by atoms with van der Waals surface area (Å²) in [5.74, 6) is 0.448. The van der Waals surface area contributed by atoms with Gasteiger partial charge >= 0.3 is 6.09 Å². The Hall–Kier alpha value is -2.74. The molecular weight excluding hydrogens is 562 g/mol. The SMILES string of the molecule is COc1ccc(S(=O)(=O)N[C@](Cc2ccccc2)(NC(=O)O[C@@H]2CO[C@@H]3OCC[C@@H]32)[C@@H](C)O)cc1CC(C)(C)CCN. The van der Waals surface area contributed by atoms with Gasteiger partial charge in [0.1, 0.15) is 17.5 Å². The predicted molar refractivity (Wildman–Crippen MR) is 156 cm³/mol. The lowest BCUT2D eigenvalue weighted by Gasteiger charge is -2.38. The summed E-state index contributed by atoms with van der Waals surface area (Å²) in [5.41, 5.74) is 5.14. The zero-order valence-corrected chi connectivity index (χ0v) is 25.5. The first-order valence-electron chi connectivity index (χ1n) is 14.2. The minimum atomic E-state index is -4.29. The molecule has 0 saturated carbocycles. The standard InChI is InChI=1S/C30H43N3O8S/c1-20(34)30(17-21-8-6-5-7-9-21,32-28(35)41-26-19-40-27-24(26)12-15-39-27)33-42(36,37)23-10-11-25(38-4)22(16-23)18-29(2,3)13-14-31/h5-11,16,20,24,26-27,33-34H,12-15,17-19,31H2,1-4H3,(H,32,35)/t20-,24-,26-,27+,30+/m1/s1. The fourth-order valence-electron chi connectivity index (χ4n) is 5.61. The van der Waals surface area contributed by atoms with Crippen LogP contribution in [0.5, 0.6) is 5.75 Å². The third kappa shape index (κ3) is 7.61. The van der Waals surface area contributed by atoms with Crippen LogP contribution in [0.1, 0.15) is 44.7 Å². The monoisotopic (exact) mass is 605 g/mol. The maximum Gasteiger partial charge on any atom is 0.409 e. The molecule has 2 aromatic carbocycles. The number of fused-ring (bicyclic) bond motifs is 1. The molecule has 2 aliphatic rings. The molecule has 0 aliphatic carbocycles. The molecule has 2 aliphatic heterocycles. The number of hydrogen-bond acceptors (Lipinski definition) is 9. The van der Waals surface area contributed by atoms with Crippen molar-refractivity contribution in [2.24, 2.45) is 17.1 Å². The molecule has 42 heavy (non-hydrogen) atoms. The highest BCUT2D eigenvalue weighted by molar-refractivity contribution is 7.89. The molecule has 2 aromatic rings. The van der Waals surface area contributed by atoms with Gasteiger partial charge in [-0.3, -0.25) is 5.32 Å².